The van der Waals surface area contributed by atoms with Gasteiger partial charge in [0, 0.05) is 29.2 Å². The van der Waals surface area contributed by atoms with Gasteiger partial charge in [-0.3, -0.25) is 4.79 Å². The fourth-order valence-electron chi connectivity index (χ4n) is 7.00. The van der Waals surface area contributed by atoms with E-state index in [2.05, 4.69) is 10.0 Å². The minimum Gasteiger partial charge on any atom is -0.478 e. The van der Waals surface area contributed by atoms with Gasteiger partial charge in [0.1, 0.15) is 6.04 Å². The first-order valence-corrected chi connectivity index (χ1v) is 22.1. The van der Waals surface area contributed by atoms with Gasteiger partial charge in [0.2, 0.25) is 15.9 Å². The molecule has 0 unspecified atom stereocenters. The van der Waals surface area contributed by atoms with Crippen LogP contribution in [0.4, 0.5) is 0 Å². The highest BCUT2D eigenvalue weighted by Crippen LogP contribution is 2.40. The summed E-state index contributed by atoms with van der Waals surface area (Å²) < 4.78 is 42.6. The van der Waals surface area contributed by atoms with Gasteiger partial charge in [-0.15, -0.1) is 11.8 Å². The normalized spacial score (nSPS) is 17.1. The summed E-state index contributed by atoms with van der Waals surface area (Å²) in [5.41, 5.74) is 7.25. The molecule has 0 aromatic heterocycles. The van der Waals surface area contributed by atoms with E-state index in [4.69, 9.17) is 9.47 Å². The van der Waals surface area contributed by atoms with Crippen LogP contribution in [0.25, 0.3) is 11.1 Å². The molecule has 0 saturated carbocycles. The van der Waals surface area contributed by atoms with Crippen LogP contribution in [0, 0.1) is 6.92 Å². The van der Waals surface area contributed by atoms with Gasteiger partial charge in [0.05, 0.1) is 29.3 Å². The molecule has 308 valence electrons. The molecule has 0 radical (unpaired) electrons. The van der Waals surface area contributed by atoms with Crippen LogP contribution in [0.5, 0.6) is 0 Å². The Morgan fingerprint density at radius 1 is 0.767 bits per heavy atom. The monoisotopic (exact) mass is 842 g/mol. The molecule has 7 rings (SSSR count). The van der Waals surface area contributed by atoms with Gasteiger partial charge in [0.15, 0.2) is 6.29 Å². The van der Waals surface area contributed by atoms with Crippen LogP contribution >= 0.6 is 11.8 Å². The molecule has 12 heteroatoms. The number of sulfonamides is 1. The molecule has 0 bridgehead atoms. The first-order valence-electron chi connectivity index (χ1n) is 19.6. The Labute approximate surface area is 354 Å². The van der Waals surface area contributed by atoms with E-state index < -0.39 is 34.2 Å². The number of carbonyl (C=O) groups excluding carboxylic acids is 1. The topological polar surface area (TPSA) is 151 Å². The Morgan fingerprint density at radius 3 is 2.12 bits per heavy atom. The Kier molecular flexibility index (Phi) is 13.9. The fourth-order valence-corrected chi connectivity index (χ4v) is 9.11. The average molecular weight is 843 g/mol. The lowest BCUT2D eigenvalue weighted by Gasteiger charge is -2.36. The Bertz CT molecular complexity index is 2480. The SMILES string of the molecule is Cc1ccc(S(=O)(=O)N[C@H](Cc2ccccc2)C(=O)NCc2ccccc2-c2ccc([C@H]3O[C@@H](CSc4ccc(C(=O)O)cc4)C[C@@H](c4ccc(CO)cc4)O3)cc2)cc1. The van der Waals surface area contributed by atoms with Gasteiger partial charge in [-0.2, -0.15) is 4.72 Å². The van der Waals surface area contributed by atoms with Crippen molar-refractivity contribution in [3.8, 4) is 11.1 Å². The molecule has 0 spiro atoms. The number of carboxylic acid groups (broad SMARTS) is 1. The van der Waals surface area contributed by atoms with E-state index in [9.17, 15) is 28.2 Å². The van der Waals surface area contributed by atoms with E-state index in [1.807, 2.05) is 110 Å². The van der Waals surface area contributed by atoms with Gasteiger partial charge in [0.25, 0.3) is 0 Å². The first-order chi connectivity index (χ1) is 29.0. The molecule has 1 aliphatic heterocycles. The van der Waals surface area contributed by atoms with Crippen molar-refractivity contribution in [3.63, 3.8) is 0 Å². The Morgan fingerprint density at radius 2 is 1.43 bits per heavy atom. The van der Waals surface area contributed by atoms with Crippen LogP contribution in [0.15, 0.2) is 161 Å². The van der Waals surface area contributed by atoms with E-state index in [0.717, 1.165) is 49.4 Å². The zero-order chi connectivity index (χ0) is 42.1. The van der Waals surface area contributed by atoms with Crippen molar-refractivity contribution in [2.24, 2.45) is 0 Å². The van der Waals surface area contributed by atoms with E-state index in [-0.39, 0.29) is 42.2 Å². The predicted molar refractivity (Wildman–Crippen MR) is 232 cm³/mol. The lowest BCUT2D eigenvalue weighted by atomic mass is 9.97. The summed E-state index contributed by atoms with van der Waals surface area (Å²) in [6, 6.07) is 44.9. The number of thioether (sulfide) groups is 1. The second-order valence-corrected chi connectivity index (χ2v) is 17.5. The summed E-state index contributed by atoms with van der Waals surface area (Å²) in [6.07, 6.45) is -0.360. The van der Waals surface area contributed by atoms with Crippen molar-refractivity contribution in [2.75, 3.05) is 5.75 Å². The maximum Gasteiger partial charge on any atom is 0.335 e. The number of hydrogen-bond acceptors (Lipinski definition) is 8. The van der Waals surface area contributed by atoms with E-state index in [0.29, 0.717) is 12.2 Å². The second-order valence-electron chi connectivity index (χ2n) is 14.7. The highest BCUT2D eigenvalue weighted by molar-refractivity contribution is 7.99. The van der Waals surface area contributed by atoms with Gasteiger partial charge in [-0.05, 0) is 83.1 Å². The first kappa shape index (κ1) is 42.5. The number of carbonyl (C=O) groups is 2. The smallest absolute Gasteiger partial charge is 0.335 e. The standard InChI is InChI=1S/C48H46N2O8S2/c1-32-11-25-42(26-12-32)60(55,56)50-44(27-33-7-3-2-4-8-33)46(52)49-29-39-9-5-6-10-43(39)35-17-19-38(20-18-35)48-57-40(31-59-41-23-21-37(22-24-41)47(53)54)28-45(58-48)36-15-13-34(30-51)14-16-36/h2-26,40,44-45,48,50-51H,27-31H2,1H3,(H,49,52)(H,53,54)/t40-,44-,45+,48+/m1/s1. The molecule has 4 N–H and O–H groups in total. The maximum atomic E-state index is 13.8. The van der Waals surface area contributed by atoms with E-state index in [1.165, 1.54) is 12.1 Å². The van der Waals surface area contributed by atoms with Crippen molar-refractivity contribution >= 4 is 33.7 Å². The van der Waals surface area contributed by atoms with Crippen LogP contribution in [-0.4, -0.2) is 48.4 Å². The molecular formula is C48H46N2O8S2. The number of carboxylic acids is 1. The number of hydrogen-bond donors (Lipinski definition) is 4. The molecule has 1 saturated heterocycles. The van der Waals surface area contributed by atoms with Crippen molar-refractivity contribution < 1.29 is 37.7 Å². The molecule has 1 amide bonds. The lowest BCUT2D eigenvalue weighted by molar-refractivity contribution is -0.245. The number of rotatable bonds is 16. The average Bonchev–Trinajstić information content (AvgIpc) is 3.28. The summed E-state index contributed by atoms with van der Waals surface area (Å²) in [5.74, 6) is -0.797. The number of aliphatic hydroxyl groups excluding tert-OH is 1. The van der Waals surface area contributed by atoms with Gasteiger partial charge < -0.3 is 25.0 Å². The van der Waals surface area contributed by atoms with Crippen LogP contribution < -0.4 is 10.0 Å². The van der Waals surface area contributed by atoms with Gasteiger partial charge in [-0.1, -0.05) is 121 Å². The number of aliphatic hydroxyl groups is 1. The molecule has 0 aliphatic carbocycles. The van der Waals surface area contributed by atoms with E-state index >= 15 is 0 Å². The number of ether oxygens (including phenoxy) is 2. The summed E-state index contributed by atoms with van der Waals surface area (Å²) in [4.78, 5) is 26.2. The number of benzene rings is 6. The highest BCUT2D eigenvalue weighted by Gasteiger charge is 2.32. The number of amides is 1. The van der Waals surface area contributed by atoms with Crippen LogP contribution in [0.1, 0.15) is 62.6 Å². The fraction of sp³-hybridized carbons (Fsp3) is 0.208. The molecule has 6 aromatic carbocycles. The van der Waals surface area contributed by atoms with Crippen molar-refractivity contribution in [2.45, 2.75) is 67.2 Å². The molecule has 60 heavy (non-hydrogen) atoms. The van der Waals surface area contributed by atoms with Crippen molar-refractivity contribution in [1.29, 1.82) is 0 Å². The number of aryl methyl sites for hydroxylation is 1. The number of nitrogens with one attached hydrogen (secondary N) is 2. The predicted octanol–water partition coefficient (Wildman–Crippen LogP) is 8.40. The molecule has 10 nitrogen and oxygen atoms in total. The quantitative estimate of drug-likeness (QED) is 0.0705. The third-order valence-electron chi connectivity index (χ3n) is 10.3. The third-order valence-corrected chi connectivity index (χ3v) is 13.0. The van der Waals surface area contributed by atoms with Gasteiger partial charge >= 0.3 is 5.97 Å². The van der Waals surface area contributed by atoms with Crippen LogP contribution in [0.2, 0.25) is 0 Å². The van der Waals surface area contributed by atoms with Crippen LogP contribution in [0.3, 0.4) is 0 Å². The van der Waals surface area contributed by atoms with E-state index in [1.54, 1.807) is 48.2 Å². The molecule has 6 aromatic rings. The zero-order valence-corrected chi connectivity index (χ0v) is 34.6. The summed E-state index contributed by atoms with van der Waals surface area (Å²) >= 11 is 1.59. The molecular weight excluding hydrogens is 797 g/mol. The molecule has 1 fully saturated rings. The summed E-state index contributed by atoms with van der Waals surface area (Å²) in [6.45, 7) is 1.99. The number of aromatic carboxylic acids is 1. The molecule has 4 atom stereocenters. The summed E-state index contributed by atoms with van der Waals surface area (Å²) in [7, 11) is -3.99. The van der Waals surface area contributed by atoms with Crippen molar-refractivity contribution in [1.82, 2.24) is 10.0 Å². The Hall–Kier alpha value is -5.60. The third kappa shape index (κ3) is 11.0. The minimum atomic E-state index is -3.99. The minimum absolute atomic E-state index is 0.0514. The summed E-state index contributed by atoms with van der Waals surface area (Å²) in [5, 5.41) is 21.9. The largest absolute Gasteiger partial charge is 0.478 e. The molecule has 1 aliphatic rings. The van der Waals surface area contributed by atoms with Crippen molar-refractivity contribution in [3.05, 3.63) is 191 Å². The second kappa shape index (κ2) is 19.6. The molecule has 1 heterocycles. The van der Waals surface area contributed by atoms with Gasteiger partial charge in [-0.25, -0.2) is 13.2 Å². The Balaban J connectivity index is 1.06. The lowest BCUT2D eigenvalue weighted by Crippen LogP contribution is -2.47. The zero-order valence-electron chi connectivity index (χ0n) is 32.9. The van der Waals surface area contributed by atoms with Crippen LogP contribution in [-0.2, 0) is 43.9 Å². The highest BCUT2D eigenvalue weighted by atomic mass is 32.2. The maximum absolute atomic E-state index is 13.8.